The third-order valence-corrected chi connectivity index (χ3v) is 5.68. The maximum Gasteiger partial charge on any atom is 0.326 e. The molecule has 0 saturated carbocycles. The van der Waals surface area contributed by atoms with Crippen LogP contribution in [0.4, 0.5) is 21.9 Å². The first-order chi connectivity index (χ1) is 15.5. The van der Waals surface area contributed by atoms with Crippen LogP contribution in [0.2, 0.25) is 0 Å². The minimum absolute atomic E-state index is 0.0621. The number of nitrogens with one attached hydrogen (secondary N) is 2. The van der Waals surface area contributed by atoms with Crippen molar-refractivity contribution in [2.75, 3.05) is 22.1 Å². The van der Waals surface area contributed by atoms with Crippen LogP contribution in [-0.2, 0) is 17.6 Å². The summed E-state index contributed by atoms with van der Waals surface area (Å²) in [5.41, 5.74) is 6.86. The number of aryl methyl sites for hydroxylation is 3. The van der Waals surface area contributed by atoms with E-state index in [-0.39, 0.29) is 18.4 Å². The van der Waals surface area contributed by atoms with Gasteiger partial charge in [-0.15, -0.1) is 0 Å². The van der Waals surface area contributed by atoms with E-state index >= 15 is 0 Å². The number of para-hydroxylation sites is 1. The minimum atomic E-state index is -0.125. The van der Waals surface area contributed by atoms with E-state index in [4.69, 9.17) is 0 Å². The second-order valence-corrected chi connectivity index (χ2v) is 8.47. The van der Waals surface area contributed by atoms with E-state index in [1.54, 1.807) is 0 Å². The van der Waals surface area contributed by atoms with Crippen molar-refractivity contribution in [3.05, 3.63) is 89.0 Å². The van der Waals surface area contributed by atoms with Gasteiger partial charge in [0.15, 0.2) is 0 Å². The van der Waals surface area contributed by atoms with E-state index in [0.717, 1.165) is 53.0 Å². The summed E-state index contributed by atoms with van der Waals surface area (Å²) in [4.78, 5) is 27.2. The average molecular weight is 428 g/mol. The molecule has 3 aromatic carbocycles. The Hall–Kier alpha value is -3.60. The maximum absolute atomic E-state index is 13.0. The molecule has 1 aliphatic rings. The number of amides is 3. The Kier molecular flexibility index (Phi) is 6.55. The van der Waals surface area contributed by atoms with E-state index < -0.39 is 0 Å². The number of carbonyl (C=O) groups excluding carboxylic acids is 2. The van der Waals surface area contributed by atoms with Crippen LogP contribution in [0.1, 0.15) is 35.1 Å². The van der Waals surface area contributed by atoms with Crippen molar-refractivity contribution in [3.8, 4) is 0 Å². The molecule has 2 N–H and O–H groups in total. The van der Waals surface area contributed by atoms with Crippen molar-refractivity contribution in [3.63, 3.8) is 0 Å². The second kappa shape index (κ2) is 9.69. The zero-order valence-electron chi connectivity index (χ0n) is 18.7. The van der Waals surface area contributed by atoms with Gasteiger partial charge in [0.25, 0.3) is 0 Å². The lowest BCUT2D eigenvalue weighted by Crippen LogP contribution is -2.35. The fourth-order valence-corrected chi connectivity index (χ4v) is 4.24. The summed E-state index contributed by atoms with van der Waals surface area (Å²) in [7, 11) is 0. The number of anilines is 3. The molecule has 0 radical (unpaired) electrons. The quantitative estimate of drug-likeness (QED) is 0.548. The molecular formula is C27H29N3O2. The molecule has 32 heavy (non-hydrogen) atoms. The van der Waals surface area contributed by atoms with E-state index in [1.165, 1.54) is 5.56 Å². The Morgan fingerprint density at radius 1 is 0.844 bits per heavy atom. The number of carbonyl (C=O) groups is 2. The lowest BCUT2D eigenvalue weighted by Gasteiger charge is -2.23. The number of urea groups is 1. The van der Waals surface area contributed by atoms with E-state index in [9.17, 15) is 9.59 Å². The number of hydrogen-bond acceptors (Lipinski definition) is 2. The van der Waals surface area contributed by atoms with Crippen LogP contribution >= 0.6 is 0 Å². The molecule has 0 bridgehead atoms. The van der Waals surface area contributed by atoms with Gasteiger partial charge in [0.1, 0.15) is 0 Å². The van der Waals surface area contributed by atoms with Gasteiger partial charge in [0.2, 0.25) is 5.91 Å². The predicted molar refractivity (Wildman–Crippen MR) is 130 cm³/mol. The molecular weight excluding hydrogens is 398 g/mol. The smallest absolute Gasteiger partial charge is 0.326 e. The number of benzene rings is 3. The van der Waals surface area contributed by atoms with Crippen LogP contribution < -0.4 is 15.5 Å². The van der Waals surface area contributed by atoms with Crippen molar-refractivity contribution in [2.24, 2.45) is 0 Å². The maximum atomic E-state index is 13.0. The van der Waals surface area contributed by atoms with Gasteiger partial charge in [-0.2, -0.15) is 0 Å². The van der Waals surface area contributed by atoms with Gasteiger partial charge in [-0.25, -0.2) is 4.79 Å². The standard InChI is InChI=1S/C27H29N3O2/c1-19-15-20(2)17-24(16-19)28-26(31)18-21-10-12-23(13-11-21)29-27(32)30-14-6-5-8-22-7-3-4-9-25(22)30/h3-4,7,9-13,15-17H,5-6,8,14,18H2,1-2H3,(H,28,31)(H,29,32). The first-order valence-electron chi connectivity index (χ1n) is 11.1. The molecule has 164 valence electrons. The molecule has 3 amide bonds. The zero-order valence-corrected chi connectivity index (χ0v) is 18.7. The van der Waals surface area contributed by atoms with Crippen molar-refractivity contribution < 1.29 is 9.59 Å². The summed E-state index contributed by atoms with van der Waals surface area (Å²) in [5.74, 6) is -0.0621. The predicted octanol–water partition coefficient (Wildman–Crippen LogP) is 5.86. The van der Waals surface area contributed by atoms with Crippen LogP contribution in [-0.4, -0.2) is 18.5 Å². The minimum Gasteiger partial charge on any atom is -0.326 e. The molecule has 5 heteroatoms. The van der Waals surface area contributed by atoms with Crippen molar-refractivity contribution in [2.45, 2.75) is 39.5 Å². The number of rotatable bonds is 4. The normalized spacial score (nSPS) is 13.1. The molecule has 0 spiro atoms. The van der Waals surface area contributed by atoms with Gasteiger partial charge in [-0.3, -0.25) is 9.69 Å². The highest BCUT2D eigenvalue weighted by atomic mass is 16.2. The highest BCUT2D eigenvalue weighted by molar-refractivity contribution is 6.02. The molecule has 3 aromatic rings. The summed E-state index contributed by atoms with van der Waals surface area (Å²) in [6, 6.07) is 21.4. The van der Waals surface area contributed by atoms with Gasteiger partial charge in [0, 0.05) is 23.6 Å². The summed E-state index contributed by atoms with van der Waals surface area (Å²) < 4.78 is 0. The Morgan fingerprint density at radius 2 is 1.56 bits per heavy atom. The lowest BCUT2D eigenvalue weighted by molar-refractivity contribution is -0.115. The van der Waals surface area contributed by atoms with Gasteiger partial charge in [0.05, 0.1) is 6.42 Å². The van der Waals surface area contributed by atoms with Crippen LogP contribution in [0.3, 0.4) is 0 Å². The summed E-state index contributed by atoms with van der Waals surface area (Å²) >= 11 is 0. The number of hydrogen-bond donors (Lipinski definition) is 2. The monoisotopic (exact) mass is 427 g/mol. The average Bonchev–Trinajstić information content (AvgIpc) is 2.97. The van der Waals surface area contributed by atoms with Crippen LogP contribution in [0.25, 0.3) is 0 Å². The van der Waals surface area contributed by atoms with Gasteiger partial charge < -0.3 is 10.6 Å². The first kappa shape index (κ1) is 21.6. The van der Waals surface area contributed by atoms with Gasteiger partial charge in [-0.05, 0) is 85.7 Å². The number of nitrogens with zero attached hydrogens (tertiary/aromatic N) is 1. The SMILES string of the molecule is Cc1cc(C)cc(NC(=O)Cc2ccc(NC(=O)N3CCCCc4ccccc43)cc2)c1. The van der Waals surface area contributed by atoms with E-state index in [1.807, 2.05) is 73.3 Å². The highest BCUT2D eigenvalue weighted by Gasteiger charge is 2.20. The van der Waals surface area contributed by atoms with Crippen molar-refractivity contribution in [1.82, 2.24) is 0 Å². The molecule has 0 saturated heterocycles. The third-order valence-electron chi connectivity index (χ3n) is 5.68. The Balaban J connectivity index is 1.37. The molecule has 0 fully saturated rings. The molecule has 0 unspecified atom stereocenters. The molecule has 0 atom stereocenters. The lowest BCUT2D eigenvalue weighted by atomic mass is 10.1. The molecule has 0 aromatic heterocycles. The molecule has 5 nitrogen and oxygen atoms in total. The molecule has 4 rings (SSSR count). The Morgan fingerprint density at radius 3 is 2.31 bits per heavy atom. The fraction of sp³-hybridized carbons (Fsp3) is 0.259. The summed E-state index contributed by atoms with van der Waals surface area (Å²) in [6.45, 7) is 4.74. The van der Waals surface area contributed by atoms with Crippen LogP contribution in [0.15, 0.2) is 66.7 Å². The van der Waals surface area contributed by atoms with Gasteiger partial charge in [-0.1, -0.05) is 36.4 Å². The summed E-state index contributed by atoms with van der Waals surface area (Å²) in [6.07, 6.45) is 3.34. The highest BCUT2D eigenvalue weighted by Crippen LogP contribution is 2.27. The third kappa shape index (κ3) is 5.35. The van der Waals surface area contributed by atoms with Crippen molar-refractivity contribution in [1.29, 1.82) is 0 Å². The molecule has 1 aliphatic heterocycles. The van der Waals surface area contributed by atoms with Gasteiger partial charge >= 0.3 is 6.03 Å². The molecule has 0 aliphatic carbocycles. The summed E-state index contributed by atoms with van der Waals surface area (Å²) in [5, 5.41) is 5.96. The van der Waals surface area contributed by atoms with E-state index in [0.29, 0.717) is 6.54 Å². The second-order valence-electron chi connectivity index (χ2n) is 8.47. The fourth-order valence-electron chi connectivity index (χ4n) is 4.24. The van der Waals surface area contributed by atoms with Crippen LogP contribution in [0.5, 0.6) is 0 Å². The first-order valence-corrected chi connectivity index (χ1v) is 11.1. The zero-order chi connectivity index (χ0) is 22.5. The topological polar surface area (TPSA) is 61.4 Å². The Labute approximate surface area is 189 Å². The van der Waals surface area contributed by atoms with Crippen molar-refractivity contribution >= 4 is 29.0 Å². The van der Waals surface area contributed by atoms with Crippen LogP contribution in [0, 0.1) is 13.8 Å². The largest absolute Gasteiger partial charge is 0.326 e. The number of fused-ring (bicyclic) bond motifs is 1. The van der Waals surface area contributed by atoms with E-state index in [2.05, 4.69) is 22.8 Å². The molecule has 1 heterocycles. The Bertz CT molecular complexity index is 1100.